The maximum absolute atomic E-state index is 5.53. The van der Waals surface area contributed by atoms with Crippen LogP contribution in [0.25, 0.3) is 16.9 Å². The Morgan fingerprint density at radius 1 is 0.946 bits per heavy atom. The lowest BCUT2D eigenvalue weighted by Crippen LogP contribution is -2.39. The zero-order valence-corrected chi connectivity index (χ0v) is 21.3. The van der Waals surface area contributed by atoms with Crippen molar-refractivity contribution in [3.05, 3.63) is 65.7 Å². The van der Waals surface area contributed by atoms with Crippen LogP contribution in [0.15, 0.2) is 48.5 Å². The first-order chi connectivity index (χ1) is 18.2. The Kier molecular flexibility index (Phi) is 7.49. The third kappa shape index (κ3) is 5.50. The first kappa shape index (κ1) is 24.6. The molecule has 1 saturated heterocycles. The molecule has 9 nitrogen and oxygen atoms in total. The molecule has 2 aromatic heterocycles. The second-order valence-corrected chi connectivity index (χ2v) is 8.60. The fraction of sp³-hybridized carbons (Fsp3) is 0.321. The van der Waals surface area contributed by atoms with Gasteiger partial charge in [0, 0.05) is 37.8 Å². The Hall–Kier alpha value is -4.13. The van der Waals surface area contributed by atoms with Crippen LogP contribution in [0.5, 0.6) is 11.5 Å². The van der Waals surface area contributed by atoms with E-state index in [9.17, 15) is 0 Å². The Balaban J connectivity index is 1.55. The van der Waals surface area contributed by atoms with Gasteiger partial charge in [-0.25, -0.2) is 15.0 Å². The van der Waals surface area contributed by atoms with Crippen LogP contribution in [-0.4, -0.2) is 78.0 Å². The number of methoxy groups -OCH3 is 2. The molecule has 0 atom stereocenters. The molecule has 3 heterocycles. The van der Waals surface area contributed by atoms with Gasteiger partial charge in [-0.05, 0) is 37.1 Å². The van der Waals surface area contributed by atoms with Crippen molar-refractivity contribution in [3.63, 3.8) is 0 Å². The van der Waals surface area contributed by atoms with E-state index in [0.29, 0.717) is 34.3 Å². The number of hydrogen-bond acceptors (Lipinski definition) is 8. The summed E-state index contributed by atoms with van der Waals surface area (Å²) >= 11 is 0. The molecule has 0 spiro atoms. The summed E-state index contributed by atoms with van der Waals surface area (Å²) in [6, 6.07) is 15.6. The van der Waals surface area contributed by atoms with Gasteiger partial charge in [-0.2, -0.15) is 0 Å². The van der Waals surface area contributed by atoms with Gasteiger partial charge in [-0.1, -0.05) is 24.1 Å². The molecule has 0 saturated carbocycles. The smallest absolute Gasteiger partial charge is 0.209 e. The number of morpholine rings is 1. The number of imidazole rings is 1. The van der Waals surface area contributed by atoms with Crippen molar-refractivity contribution in [2.45, 2.75) is 6.92 Å². The normalized spacial score (nSPS) is 13.7. The van der Waals surface area contributed by atoms with Gasteiger partial charge in [0.15, 0.2) is 28.5 Å². The SMILES string of the molecule is COc1ccc(-n2c(C)nc3c(NCCN4CCOCC4)nc(C#Cc4ccccc4)nc32)cc1OC. The molecule has 1 fully saturated rings. The van der Waals surface area contributed by atoms with Crippen molar-refractivity contribution in [1.82, 2.24) is 24.4 Å². The number of hydrogen-bond donors (Lipinski definition) is 1. The molecule has 1 N–H and O–H groups in total. The summed E-state index contributed by atoms with van der Waals surface area (Å²) in [7, 11) is 3.24. The van der Waals surface area contributed by atoms with E-state index in [1.165, 1.54) is 0 Å². The summed E-state index contributed by atoms with van der Waals surface area (Å²) in [4.78, 5) is 16.8. The fourth-order valence-corrected chi connectivity index (χ4v) is 4.33. The molecule has 1 aliphatic heterocycles. The lowest BCUT2D eigenvalue weighted by Gasteiger charge is -2.26. The zero-order chi connectivity index (χ0) is 25.6. The predicted octanol–water partition coefficient (Wildman–Crippen LogP) is 3.29. The quantitative estimate of drug-likeness (QED) is 0.389. The summed E-state index contributed by atoms with van der Waals surface area (Å²) in [6.07, 6.45) is 0. The van der Waals surface area contributed by atoms with E-state index in [-0.39, 0.29) is 0 Å². The summed E-state index contributed by atoms with van der Waals surface area (Å²) in [6.45, 7) is 6.96. The predicted molar refractivity (Wildman–Crippen MR) is 143 cm³/mol. The largest absolute Gasteiger partial charge is 0.493 e. The maximum atomic E-state index is 5.53. The molecular weight excluding hydrogens is 468 g/mol. The molecule has 5 rings (SSSR count). The highest BCUT2D eigenvalue weighted by Crippen LogP contribution is 2.32. The van der Waals surface area contributed by atoms with E-state index in [2.05, 4.69) is 22.1 Å². The zero-order valence-electron chi connectivity index (χ0n) is 21.3. The van der Waals surface area contributed by atoms with Gasteiger partial charge in [0.1, 0.15) is 5.82 Å². The van der Waals surface area contributed by atoms with Crippen LogP contribution in [0.2, 0.25) is 0 Å². The van der Waals surface area contributed by atoms with Crippen molar-refractivity contribution in [2.24, 2.45) is 0 Å². The lowest BCUT2D eigenvalue weighted by molar-refractivity contribution is 0.0398. The minimum absolute atomic E-state index is 0.423. The van der Waals surface area contributed by atoms with Crippen LogP contribution < -0.4 is 14.8 Å². The minimum atomic E-state index is 0.423. The highest BCUT2D eigenvalue weighted by Gasteiger charge is 2.19. The third-order valence-corrected chi connectivity index (χ3v) is 6.22. The van der Waals surface area contributed by atoms with E-state index in [1.807, 2.05) is 60.0 Å². The highest BCUT2D eigenvalue weighted by atomic mass is 16.5. The number of aromatic nitrogens is 4. The molecule has 0 unspecified atom stereocenters. The minimum Gasteiger partial charge on any atom is -0.493 e. The molecule has 9 heteroatoms. The third-order valence-electron chi connectivity index (χ3n) is 6.22. The summed E-state index contributed by atoms with van der Waals surface area (Å²) in [5, 5.41) is 3.48. The van der Waals surface area contributed by atoms with Crippen molar-refractivity contribution < 1.29 is 14.2 Å². The van der Waals surface area contributed by atoms with Gasteiger partial charge in [-0.3, -0.25) is 9.47 Å². The maximum Gasteiger partial charge on any atom is 0.209 e. The van der Waals surface area contributed by atoms with Crippen LogP contribution in [-0.2, 0) is 4.74 Å². The van der Waals surface area contributed by atoms with E-state index in [1.54, 1.807) is 14.2 Å². The molecule has 4 aromatic rings. The molecule has 0 radical (unpaired) electrons. The topological polar surface area (TPSA) is 86.6 Å². The average Bonchev–Trinajstić information content (AvgIpc) is 3.28. The Bertz CT molecular complexity index is 1440. The van der Waals surface area contributed by atoms with Gasteiger partial charge in [-0.15, -0.1) is 0 Å². The first-order valence-corrected chi connectivity index (χ1v) is 12.3. The molecule has 37 heavy (non-hydrogen) atoms. The van der Waals surface area contributed by atoms with Crippen LogP contribution in [0.1, 0.15) is 17.2 Å². The Labute approximate surface area is 216 Å². The first-order valence-electron chi connectivity index (χ1n) is 12.3. The second-order valence-electron chi connectivity index (χ2n) is 8.60. The van der Waals surface area contributed by atoms with E-state index < -0.39 is 0 Å². The van der Waals surface area contributed by atoms with Crippen molar-refractivity contribution in [3.8, 4) is 29.0 Å². The van der Waals surface area contributed by atoms with Crippen LogP contribution >= 0.6 is 0 Å². The number of nitrogens with zero attached hydrogens (tertiary/aromatic N) is 5. The summed E-state index contributed by atoms with van der Waals surface area (Å²) < 4.78 is 18.4. The number of benzene rings is 2. The van der Waals surface area contributed by atoms with Crippen LogP contribution in [0.3, 0.4) is 0 Å². The molecule has 0 bridgehead atoms. The lowest BCUT2D eigenvalue weighted by atomic mass is 10.2. The highest BCUT2D eigenvalue weighted by molar-refractivity contribution is 5.85. The van der Waals surface area contributed by atoms with Crippen molar-refractivity contribution in [2.75, 3.05) is 58.9 Å². The number of nitrogens with one attached hydrogen (secondary N) is 1. The fourth-order valence-electron chi connectivity index (χ4n) is 4.33. The van der Waals surface area contributed by atoms with E-state index in [0.717, 1.165) is 56.5 Å². The van der Waals surface area contributed by atoms with Gasteiger partial charge in [0.05, 0.1) is 33.1 Å². The van der Waals surface area contributed by atoms with Crippen LogP contribution in [0, 0.1) is 18.8 Å². The molecule has 1 aliphatic rings. The van der Waals surface area contributed by atoms with Crippen LogP contribution in [0.4, 0.5) is 5.82 Å². The van der Waals surface area contributed by atoms with E-state index in [4.69, 9.17) is 29.2 Å². The van der Waals surface area contributed by atoms with Gasteiger partial charge in [0.25, 0.3) is 0 Å². The number of fused-ring (bicyclic) bond motifs is 1. The van der Waals surface area contributed by atoms with E-state index >= 15 is 0 Å². The second kappa shape index (κ2) is 11.3. The van der Waals surface area contributed by atoms with Gasteiger partial charge >= 0.3 is 0 Å². The van der Waals surface area contributed by atoms with Gasteiger partial charge < -0.3 is 19.5 Å². The summed E-state index contributed by atoms with van der Waals surface area (Å²) in [5.41, 5.74) is 3.13. The Morgan fingerprint density at radius 2 is 1.73 bits per heavy atom. The number of rotatable bonds is 7. The standard InChI is InChI=1S/C28H30N6O3/c1-20-30-26-27(29-13-14-33-15-17-37-18-16-33)31-25(12-9-21-7-5-4-6-8-21)32-28(26)34(20)22-10-11-23(35-2)24(19-22)36-3/h4-8,10-11,19H,13-18H2,1-3H3,(H,29,31,32). The molecule has 0 aliphatic carbocycles. The van der Waals surface area contributed by atoms with Crippen molar-refractivity contribution >= 4 is 17.0 Å². The van der Waals surface area contributed by atoms with Gasteiger partial charge in [0.2, 0.25) is 5.82 Å². The number of ether oxygens (including phenoxy) is 3. The molecule has 0 amide bonds. The number of anilines is 1. The molecular formula is C28H30N6O3. The monoisotopic (exact) mass is 498 g/mol. The molecule has 2 aromatic carbocycles. The average molecular weight is 499 g/mol. The number of aryl methyl sites for hydroxylation is 1. The Morgan fingerprint density at radius 3 is 2.49 bits per heavy atom. The summed E-state index contributed by atoms with van der Waals surface area (Å²) in [5.74, 6) is 9.46. The molecule has 190 valence electrons. The van der Waals surface area contributed by atoms with Crippen molar-refractivity contribution in [1.29, 1.82) is 0 Å².